The lowest BCUT2D eigenvalue weighted by Crippen LogP contribution is -2.41. The van der Waals surface area contributed by atoms with Crippen molar-refractivity contribution in [2.75, 3.05) is 10.8 Å². The Morgan fingerprint density at radius 1 is 1.00 bits per heavy atom. The first kappa shape index (κ1) is 22.8. The average molecular weight is 457 g/mol. The molecule has 0 aromatic heterocycles. The van der Waals surface area contributed by atoms with Crippen LogP contribution in [0.5, 0.6) is 0 Å². The molecule has 31 heavy (non-hydrogen) atoms. The Labute approximate surface area is 188 Å². The summed E-state index contributed by atoms with van der Waals surface area (Å²) in [5.41, 5.74) is 3.43. The number of nitrogens with one attached hydrogen (secondary N) is 1. The summed E-state index contributed by atoms with van der Waals surface area (Å²) < 4.78 is 27.8. The molecule has 0 fully saturated rings. The minimum atomic E-state index is -4.00. The summed E-state index contributed by atoms with van der Waals surface area (Å²) >= 11 is 6.30. The van der Waals surface area contributed by atoms with Gasteiger partial charge in [-0.1, -0.05) is 65.7 Å². The van der Waals surface area contributed by atoms with E-state index in [-0.39, 0.29) is 21.6 Å². The third kappa shape index (κ3) is 5.27. The number of anilines is 1. The molecule has 0 radical (unpaired) electrons. The number of aryl methyl sites for hydroxylation is 2. The fourth-order valence-electron chi connectivity index (χ4n) is 3.48. The van der Waals surface area contributed by atoms with Gasteiger partial charge in [0.15, 0.2) is 0 Å². The molecule has 0 spiro atoms. The molecule has 0 aliphatic carbocycles. The molecule has 0 aliphatic heterocycles. The Bertz CT molecular complexity index is 1180. The van der Waals surface area contributed by atoms with Gasteiger partial charge >= 0.3 is 0 Å². The van der Waals surface area contributed by atoms with Crippen LogP contribution in [-0.4, -0.2) is 20.9 Å². The van der Waals surface area contributed by atoms with E-state index < -0.39 is 22.5 Å². The second kappa shape index (κ2) is 9.54. The van der Waals surface area contributed by atoms with E-state index in [1.807, 2.05) is 39.0 Å². The van der Waals surface area contributed by atoms with Crippen LogP contribution < -0.4 is 9.62 Å². The van der Waals surface area contributed by atoms with Crippen LogP contribution in [0.4, 0.5) is 5.69 Å². The molecule has 0 saturated heterocycles. The van der Waals surface area contributed by atoms with Gasteiger partial charge in [0.25, 0.3) is 10.0 Å². The topological polar surface area (TPSA) is 66.5 Å². The monoisotopic (exact) mass is 456 g/mol. The Morgan fingerprint density at radius 2 is 1.65 bits per heavy atom. The van der Waals surface area contributed by atoms with Gasteiger partial charge in [-0.05, 0) is 56.2 Å². The quantitative estimate of drug-likeness (QED) is 0.542. The van der Waals surface area contributed by atoms with Gasteiger partial charge in [-0.25, -0.2) is 8.42 Å². The Balaban J connectivity index is 1.90. The van der Waals surface area contributed by atoms with Crippen LogP contribution in [0.25, 0.3) is 0 Å². The van der Waals surface area contributed by atoms with Gasteiger partial charge in [0.2, 0.25) is 5.91 Å². The van der Waals surface area contributed by atoms with Gasteiger partial charge in [0.1, 0.15) is 6.54 Å². The fraction of sp³-hybridized carbons (Fsp3) is 0.208. The number of sulfonamides is 1. The molecule has 1 amide bonds. The molecule has 5 nitrogen and oxygen atoms in total. The van der Waals surface area contributed by atoms with E-state index in [4.69, 9.17) is 11.6 Å². The highest BCUT2D eigenvalue weighted by Gasteiger charge is 2.29. The van der Waals surface area contributed by atoms with Crippen molar-refractivity contribution < 1.29 is 13.2 Å². The highest BCUT2D eigenvalue weighted by molar-refractivity contribution is 7.92. The van der Waals surface area contributed by atoms with Gasteiger partial charge in [0, 0.05) is 0 Å². The van der Waals surface area contributed by atoms with Crippen LogP contribution in [-0.2, 0) is 14.8 Å². The van der Waals surface area contributed by atoms with Crippen LogP contribution in [0.3, 0.4) is 0 Å². The summed E-state index contributed by atoms with van der Waals surface area (Å²) in [5, 5.41) is 3.16. The van der Waals surface area contributed by atoms with Crippen molar-refractivity contribution in [2.24, 2.45) is 0 Å². The molecule has 7 heteroatoms. The number of hydrogen-bond donors (Lipinski definition) is 1. The molecular formula is C24H25ClN2O3S. The van der Waals surface area contributed by atoms with Crippen LogP contribution in [0.15, 0.2) is 77.7 Å². The number of benzene rings is 3. The molecule has 0 saturated carbocycles. The van der Waals surface area contributed by atoms with E-state index in [1.54, 1.807) is 42.5 Å². The normalized spacial score (nSPS) is 12.3. The minimum Gasteiger partial charge on any atom is -0.348 e. The maximum absolute atomic E-state index is 13.4. The summed E-state index contributed by atoms with van der Waals surface area (Å²) in [7, 11) is -4.00. The first-order valence-corrected chi connectivity index (χ1v) is 11.7. The van der Waals surface area contributed by atoms with Crippen LogP contribution in [0.2, 0.25) is 5.02 Å². The molecule has 3 aromatic rings. The van der Waals surface area contributed by atoms with Gasteiger partial charge in [-0.3, -0.25) is 9.10 Å². The van der Waals surface area contributed by atoms with Gasteiger partial charge in [-0.15, -0.1) is 0 Å². The van der Waals surface area contributed by atoms with Crippen molar-refractivity contribution in [3.63, 3.8) is 0 Å². The van der Waals surface area contributed by atoms with Crippen LogP contribution >= 0.6 is 11.6 Å². The molecule has 1 N–H and O–H groups in total. The second-order valence-corrected chi connectivity index (χ2v) is 9.69. The van der Waals surface area contributed by atoms with Gasteiger partial charge < -0.3 is 5.32 Å². The molecule has 1 unspecified atom stereocenters. The first-order valence-electron chi connectivity index (χ1n) is 9.89. The molecule has 0 heterocycles. The van der Waals surface area contributed by atoms with Gasteiger partial charge in [0.05, 0.1) is 21.6 Å². The smallest absolute Gasteiger partial charge is 0.264 e. The maximum atomic E-state index is 13.4. The minimum absolute atomic E-state index is 0.0881. The van der Waals surface area contributed by atoms with Crippen molar-refractivity contribution in [3.8, 4) is 0 Å². The third-order valence-corrected chi connectivity index (χ3v) is 7.10. The van der Waals surface area contributed by atoms with Crippen molar-refractivity contribution in [1.29, 1.82) is 0 Å². The summed E-state index contributed by atoms with van der Waals surface area (Å²) in [4.78, 5) is 13.0. The molecule has 0 aliphatic rings. The van der Waals surface area contributed by atoms with Gasteiger partial charge in [-0.2, -0.15) is 0 Å². The maximum Gasteiger partial charge on any atom is 0.264 e. The lowest BCUT2D eigenvalue weighted by molar-refractivity contribution is -0.120. The molecule has 1 atom stereocenters. The lowest BCUT2D eigenvalue weighted by atomic mass is 10.0. The summed E-state index contributed by atoms with van der Waals surface area (Å²) in [6, 6.07) is 20.3. The van der Waals surface area contributed by atoms with Crippen LogP contribution in [0, 0.1) is 13.8 Å². The zero-order valence-electron chi connectivity index (χ0n) is 17.7. The molecule has 0 bridgehead atoms. The Hall–Kier alpha value is -2.83. The first-order chi connectivity index (χ1) is 14.7. The number of amides is 1. The van der Waals surface area contributed by atoms with E-state index in [0.29, 0.717) is 0 Å². The van der Waals surface area contributed by atoms with Crippen molar-refractivity contribution >= 4 is 33.2 Å². The van der Waals surface area contributed by atoms with E-state index in [2.05, 4.69) is 5.32 Å². The zero-order valence-corrected chi connectivity index (χ0v) is 19.2. The number of rotatable bonds is 7. The summed E-state index contributed by atoms with van der Waals surface area (Å²) in [6.07, 6.45) is 0. The lowest BCUT2D eigenvalue weighted by Gasteiger charge is -2.26. The largest absolute Gasteiger partial charge is 0.348 e. The SMILES string of the molecule is Cc1ccc(C(C)NC(=O)CN(c2ccccc2Cl)S(=O)(=O)c2ccccc2)c(C)c1. The van der Waals surface area contributed by atoms with E-state index in [9.17, 15) is 13.2 Å². The standard InChI is InChI=1S/C24H25ClN2O3S/c1-17-13-14-21(18(2)15-17)19(3)26-24(28)16-27(23-12-8-7-11-22(23)25)31(29,30)20-9-5-4-6-10-20/h4-15,19H,16H2,1-3H3,(H,26,28). The number of para-hydroxylation sites is 1. The van der Waals surface area contributed by atoms with Crippen molar-refractivity contribution in [1.82, 2.24) is 5.32 Å². The number of hydrogen-bond acceptors (Lipinski definition) is 3. The molecule has 3 rings (SSSR count). The van der Waals surface area contributed by atoms with E-state index in [0.717, 1.165) is 21.0 Å². The number of carbonyl (C=O) groups is 1. The number of halogens is 1. The molecule has 3 aromatic carbocycles. The fourth-order valence-corrected chi connectivity index (χ4v) is 5.23. The van der Waals surface area contributed by atoms with Crippen molar-refractivity contribution in [3.05, 3.63) is 94.5 Å². The van der Waals surface area contributed by atoms with E-state index >= 15 is 0 Å². The Morgan fingerprint density at radius 3 is 2.29 bits per heavy atom. The number of carbonyl (C=O) groups excluding carboxylic acids is 1. The summed E-state index contributed by atoms with van der Waals surface area (Å²) in [6.45, 7) is 5.48. The zero-order chi connectivity index (χ0) is 22.6. The number of nitrogens with zero attached hydrogens (tertiary/aromatic N) is 1. The Kier molecular flexibility index (Phi) is 7.03. The van der Waals surface area contributed by atoms with Crippen molar-refractivity contribution in [2.45, 2.75) is 31.7 Å². The van der Waals surface area contributed by atoms with E-state index in [1.165, 1.54) is 12.1 Å². The average Bonchev–Trinajstić information content (AvgIpc) is 2.73. The summed E-state index contributed by atoms with van der Waals surface area (Å²) in [5.74, 6) is -0.424. The second-order valence-electron chi connectivity index (χ2n) is 7.43. The predicted octanol–water partition coefficient (Wildman–Crippen LogP) is 5.03. The molecular weight excluding hydrogens is 432 g/mol. The highest BCUT2D eigenvalue weighted by Crippen LogP contribution is 2.30. The third-order valence-electron chi connectivity index (χ3n) is 5.01. The van der Waals surface area contributed by atoms with Crippen LogP contribution in [0.1, 0.15) is 29.7 Å². The predicted molar refractivity (Wildman–Crippen MR) is 125 cm³/mol. The highest BCUT2D eigenvalue weighted by atomic mass is 35.5. The molecule has 162 valence electrons.